The van der Waals surface area contributed by atoms with Gasteiger partial charge in [-0.1, -0.05) is 13.8 Å². The maximum absolute atomic E-state index is 12.7. The van der Waals surface area contributed by atoms with E-state index in [1.54, 1.807) is 0 Å². The van der Waals surface area contributed by atoms with Crippen LogP contribution in [0.5, 0.6) is 0 Å². The largest absolute Gasteiger partial charge is 0.480 e. The number of amides is 3. The monoisotopic (exact) mass is 402 g/mol. The molecule has 28 heavy (non-hydrogen) atoms. The minimum absolute atomic E-state index is 0.0485. The topological polar surface area (TPSA) is 182 Å². The summed E-state index contributed by atoms with van der Waals surface area (Å²) in [5.41, 5.74) is 5.38. The lowest BCUT2D eigenvalue weighted by atomic mass is 10.0. The van der Waals surface area contributed by atoms with Gasteiger partial charge in [0.05, 0.1) is 13.2 Å². The predicted octanol–water partition coefficient (Wildman–Crippen LogP) is -2.61. The number of rotatable bonds is 10. The molecule has 0 aromatic heterocycles. The number of nitrogens with zero attached hydrogens (tertiary/aromatic N) is 1. The zero-order chi connectivity index (χ0) is 21.4. The van der Waals surface area contributed by atoms with Gasteiger partial charge in [-0.2, -0.15) is 0 Å². The number of aliphatic hydroxyl groups excluding tert-OH is 2. The van der Waals surface area contributed by atoms with Crippen LogP contribution < -0.4 is 16.4 Å². The minimum Gasteiger partial charge on any atom is -0.480 e. The summed E-state index contributed by atoms with van der Waals surface area (Å²) in [5, 5.41) is 32.4. The normalized spacial score (nSPS) is 19.8. The highest BCUT2D eigenvalue weighted by molar-refractivity contribution is 5.94. The number of carbonyl (C=O) groups excluding carboxylic acids is 3. The van der Waals surface area contributed by atoms with Crippen molar-refractivity contribution < 1.29 is 34.5 Å². The van der Waals surface area contributed by atoms with Gasteiger partial charge in [0.1, 0.15) is 24.2 Å². The Morgan fingerprint density at radius 2 is 1.75 bits per heavy atom. The van der Waals surface area contributed by atoms with E-state index >= 15 is 0 Å². The van der Waals surface area contributed by atoms with Gasteiger partial charge in [-0.15, -0.1) is 0 Å². The second-order valence-corrected chi connectivity index (χ2v) is 7.25. The third-order valence-electron chi connectivity index (χ3n) is 4.49. The van der Waals surface area contributed by atoms with E-state index in [2.05, 4.69) is 10.6 Å². The highest BCUT2D eigenvalue weighted by Gasteiger charge is 2.39. The summed E-state index contributed by atoms with van der Waals surface area (Å²) in [4.78, 5) is 49.6. The number of nitrogens with two attached hydrogens (primary N) is 1. The van der Waals surface area contributed by atoms with Crippen LogP contribution in [0.3, 0.4) is 0 Å². The minimum atomic E-state index is -1.32. The molecule has 7 N–H and O–H groups in total. The Kier molecular flexibility index (Phi) is 9.29. The standard InChI is InChI=1S/C17H30N4O7/c1-9(2)6-11(17(27)28)19-15(25)13-4-3-5-21(13)16(26)12(8-23)20-14(24)10(18)7-22/h9-13,22-23H,3-8,18H2,1-2H3,(H,19,25)(H,20,24)(H,27,28). The van der Waals surface area contributed by atoms with Crippen molar-refractivity contribution in [2.45, 2.75) is 57.3 Å². The van der Waals surface area contributed by atoms with E-state index in [9.17, 15) is 29.4 Å². The van der Waals surface area contributed by atoms with Crippen LogP contribution in [0, 0.1) is 5.92 Å². The molecule has 160 valence electrons. The van der Waals surface area contributed by atoms with Crippen molar-refractivity contribution in [2.24, 2.45) is 11.7 Å². The van der Waals surface area contributed by atoms with Gasteiger partial charge in [-0.25, -0.2) is 4.79 Å². The molecule has 0 aliphatic carbocycles. The number of carboxylic acids is 1. The molecule has 0 aromatic rings. The first-order chi connectivity index (χ1) is 13.1. The van der Waals surface area contributed by atoms with Gasteiger partial charge >= 0.3 is 5.97 Å². The summed E-state index contributed by atoms with van der Waals surface area (Å²) in [5.74, 6) is -3.18. The number of nitrogens with one attached hydrogen (secondary N) is 2. The average Bonchev–Trinajstić information content (AvgIpc) is 3.13. The molecule has 1 saturated heterocycles. The third kappa shape index (κ3) is 6.43. The van der Waals surface area contributed by atoms with Crippen LogP contribution in [0.4, 0.5) is 0 Å². The Labute approximate surface area is 163 Å². The predicted molar refractivity (Wildman–Crippen MR) is 97.8 cm³/mol. The van der Waals surface area contributed by atoms with E-state index in [1.807, 2.05) is 13.8 Å². The highest BCUT2D eigenvalue weighted by Crippen LogP contribution is 2.19. The van der Waals surface area contributed by atoms with Crippen molar-refractivity contribution >= 4 is 23.7 Å². The molecule has 1 aliphatic heterocycles. The highest BCUT2D eigenvalue weighted by atomic mass is 16.4. The van der Waals surface area contributed by atoms with Crippen LogP contribution in [0.15, 0.2) is 0 Å². The van der Waals surface area contributed by atoms with Crippen LogP contribution in [-0.2, 0) is 19.2 Å². The molecule has 11 heteroatoms. The van der Waals surface area contributed by atoms with Gasteiger partial charge in [0, 0.05) is 6.54 Å². The first-order valence-electron chi connectivity index (χ1n) is 9.23. The molecule has 0 aromatic carbocycles. The third-order valence-corrected chi connectivity index (χ3v) is 4.49. The number of hydrogen-bond donors (Lipinski definition) is 6. The second-order valence-electron chi connectivity index (χ2n) is 7.25. The van der Waals surface area contributed by atoms with E-state index in [4.69, 9.17) is 10.8 Å². The molecule has 4 unspecified atom stereocenters. The fraction of sp³-hybridized carbons (Fsp3) is 0.765. The van der Waals surface area contributed by atoms with Crippen molar-refractivity contribution in [3.8, 4) is 0 Å². The number of hydrogen-bond acceptors (Lipinski definition) is 7. The Morgan fingerprint density at radius 3 is 2.25 bits per heavy atom. The smallest absolute Gasteiger partial charge is 0.326 e. The molecule has 0 radical (unpaired) electrons. The lowest BCUT2D eigenvalue weighted by Crippen LogP contribution is -2.58. The molecule has 0 spiro atoms. The number of aliphatic hydroxyl groups is 2. The maximum atomic E-state index is 12.7. The van der Waals surface area contributed by atoms with Crippen LogP contribution in [0.2, 0.25) is 0 Å². The second kappa shape index (κ2) is 10.9. The van der Waals surface area contributed by atoms with Gasteiger partial charge in [0.2, 0.25) is 17.7 Å². The Hall–Kier alpha value is -2.24. The summed E-state index contributed by atoms with van der Waals surface area (Å²) in [7, 11) is 0. The van der Waals surface area contributed by atoms with E-state index in [0.717, 1.165) is 0 Å². The van der Waals surface area contributed by atoms with Crippen LogP contribution in [-0.4, -0.2) is 87.8 Å². The van der Waals surface area contributed by atoms with Crippen molar-refractivity contribution in [2.75, 3.05) is 19.8 Å². The molecule has 4 atom stereocenters. The van der Waals surface area contributed by atoms with Crippen molar-refractivity contribution in [3.05, 3.63) is 0 Å². The summed E-state index contributed by atoms with van der Waals surface area (Å²) < 4.78 is 0. The van der Waals surface area contributed by atoms with Crippen LogP contribution in [0.1, 0.15) is 33.1 Å². The average molecular weight is 402 g/mol. The van der Waals surface area contributed by atoms with Gasteiger partial charge in [-0.3, -0.25) is 14.4 Å². The lowest BCUT2D eigenvalue weighted by molar-refractivity contribution is -0.145. The Bertz CT molecular complexity index is 584. The lowest BCUT2D eigenvalue weighted by Gasteiger charge is -2.29. The Morgan fingerprint density at radius 1 is 1.11 bits per heavy atom. The molecular weight excluding hydrogens is 372 g/mol. The maximum Gasteiger partial charge on any atom is 0.326 e. The fourth-order valence-electron chi connectivity index (χ4n) is 3.01. The molecule has 1 fully saturated rings. The number of likely N-dealkylation sites (tertiary alicyclic amines) is 1. The van der Waals surface area contributed by atoms with Crippen molar-refractivity contribution in [1.82, 2.24) is 15.5 Å². The first kappa shape index (κ1) is 23.8. The van der Waals surface area contributed by atoms with Gasteiger partial charge in [0.25, 0.3) is 0 Å². The van der Waals surface area contributed by atoms with Crippen molar-refractivity contribution in [1.29, 1.82) is 0 Å². The van der Waals surface area contributed by atoms with Gasteiger partial charge in [0.15, 0.2) is 0 Å². The molecule has 11 nitrogen and oxygen atoms in total. The summed E-state index contributed by atoms with van der Waals surface area (Å²) in [6.07, 6.45) is 1.11. The first-order valence-corrected chi connectivity index (χ1v) is 9.23. The fourth-order valence-corrected chi connectivity index (χ4v) is 3.01. The molecule has 0 saturated carbocycles. The van der Waals surface area contributed by atoms with Gasteiger partial charge in [-0.05, 0) is 25.2 Å². The molecule has 1 rings (SSSR count). The van der Waals surface area contributed by atoms with Gasteiger partial charge < -0.3 is 36.6 Å². The SMILES string of the molecule is CC(C)CC(NC(=O)C1CCCN1C(=O)C(CO)NC(=O)C(N)CO)C(=O)O. The number of carbonyl (C=O) groups is 4. The molecule has 1 heterocycles. The summed E-state index contributed by atoms with van der Waals surface area (Å²) in [6.45, 7) is 2.56. The zero-order valence-electron chi connectivity index (χ0n) is 16.1. The quantitative estimate of drug-likeness (QED) is 0.230. The van der Waals surface area contributed by atoms with E-state index in [0.29, 0.717) is 12.8 Å². The molecule has 1 aliphatic rings. The number of aliphatic carboxylic acids is 1. The molecule has 0 bridgehead atoms. The Balaban J connectivity index is 2.83. The molecular formula is C17H30N4O7. The zero-order valence-corrected chi connectivity index (χ0v) is 16.1. The van der Waals surface area contributed by atoms with Crippen molar-refractivity contribution in [3.63, 3.8) is 0 Å². The molecule has 3 amide bonds. The van der Waals surface area contributed by atoms with E-state index < -0.39 is 61.1 Å². The van der Waals surface area contributed by atoms with E-state index in [1.165, 1.54) is 4.90 Å². The van der Waals surface area contributed by atoms with Crippen LogP contribution in [0.25, 0.3) is 0 Å². The van der Waals surface area contributed by atoms with E-state index in [-0.39, 0.29) is 18.9 Å². The summed E-state index contributed by atoms with van der Waals surface area (Å²) >= 11 is 0. The number of carboxylic acid groups (broad SMARTS) is 1. The summed E-state index contributed by atoms with van der Waals surface area (Å²) in [6, 6.07) is -4.52. The van der Waals surface area contributed by atoms with Crippen LogP contribution >= 0.6 is 0 Å².